The largest absolute Gasteiger partial charge is 0.481 e. The highest BCUT2D eigenvalue weighted by atomic mass is 16.4. The molecule has 2 N–H and O–H groups in total. The molecule has 2 aliphatic carbocycles. The van der Waals surface area contributed by atoms with Gasteiger partial charge in [-0.25, -0.2) is 0 Å². The standard InChI is InChI=1S/C16H29NO2/c1-2-12-7-9-14(10-8-12)17-11-13-5-3-4-6-15(13)16(18)19/h12-15,17H,2-11H2,1H3,(H,18,19). The molecule has 0 radical (unpaired) electrons. The molecule has 2 rings (SSSR count). The molecular formula is C16H29NO2. The summed E-state index contributed by atoms with van der Waals surface area (Å²) in [5, 5.41) is 12.9. The van der Waals surface area contributed by atoms with Gasteiger partial charge in [0.25, 0.3) is 0 Å². The Morgan fingerprint density at radius 1 is 1.11 bits per heavy atom. The molecule has 0 bridgehead atoms. The Morgan fingerprint density at radius 2 is 1.79 bits per heavy atom. The van der Waals surface area contributed by atoms with E-state index in [4.69, 9.17) is 0 Å². The van der Waals surface area contributed by atoms with Gasteiger partial charge in [-0.2, -0.15) is 0 Å². The van der Waals surface area contributed by atoms with Gasteiger partial charge in [-0.15, -0.1) is 0 Å². The van der Waals surface area contributed by atoms with Crippen LogP contribution in [0.2, 0.25) is 0 Å². The molecule has 2 saturated carbocycles. The lowest BCUT2D eigenvalue weighted by Crippen LogP contribution is -2.40. The lowest BCUT2D eigenvalue weighted by molar-refractivity contribution is -0.144. The van der Waals surface area contributed by atoms with E-state index in [2.05, 4.69) is 12.2 Å². The minimum absolute atomic E-state index is 0.103. The molecule has 19 heavy (non-hydrogen) atoms. The fourth-order valence-corrected chi connectivity index (χ4v) is 3.87. The zero-order valence-corrected chi connectivity index (χ0v) is 12.2. The van der Waals surface area contributed by atoms with Crippen LogP contribution in [0.5, 0.6) is 0 Å². The molecule has 3 nitrogen and oxygen atoms in total. The monoisotopic (exact) mass is 267 g/mol. The topological polar surface area (TPSA) is 49.3 Å². The van der Waals surface area contributed by atoms with E-state index >= 15 is 0 Å². The van der Waals surface area contributed by atoms with Crippen molar-refractivity contribution < 1.29 is 9.90 Å². The van der Waals surface area contributed by atoms with E-state index in [1.165, 1.54) is 38.5 Å². The highest BCUT2D eigenvalue weighted by Gasteiger charge is 2.31. The van der Waals surface area contributed by atoms with Crippen LogP contribution in [-0.2, 0) is 4.79 Å². The lowest BCUT2D eigenvalue weighted by atomic mass is 9.78. The summed E-state index contributed by atoms with van der Waals surface area (Å²) in [6, 6.07) is 0.638. The lowest BCUT2D eigenvalue weighted by Gasteiger charge is -2.33. The second-order valence-electron chi connectivity index (χ2n) is 6.52. The van der Waals surface area contributed by atoms with Gasteiger partial charge in [-0.3, -0.25) is 4.79 Å². The summed E-state index contributed by atoms with van der Waals surface area (Å²) in [7, 11) is 0. The molecule has 0 aromatic carbocycles. The number of nitrogens with one attached hydrogen (secondary N) is 1. The van der Waals surface area contributed by atoms with Gasteiger partial charge in [-0.1, -0.05) is 26.2 Å². The van der Waals surface area contributed by atoms with Crippen molar-refractivity contribution in [1.82, 2.24) is 5.32 Å². The first-order valence-electron chi connectivity index (χ1n) is 8.17. The molecule has 110 valence electrons. The third kappa shape index (κ3) is 4.20. The normalized spacial score (nSPS) is 36.1. The Labute approximate surface area is 117 Å². The van der Waals surface area contributed by atoms with Crippen molar-refractivity contribution in [2.45, 2.75) is 70.8 Å². The minimum atomic E-state index is -0.582. The molecule has 0 aromatic heterocycles. The Morgan fingerprint density at radius 3 is 2.42 bits per heavy atom. The average molecular weight is 267 g/mol. The van der Waals surface area contributed by atoms with Gasteiger partial charge in [-0.05, 0) is 56.9 Å². The van der Waals surface area contributed by atoms with Crippen molar-refractivity contribution in [3.63, 3.8) is 0 Å². The molecule has 0 aromatic rings. The zero-order valence-electron chi connectivity index (χ0n) is 12.2. The maximum Gasteiger partial charge on any atom is 0.306 e. The number of carboxylic acids is 1. The Balaban J connectivity index is 1.73. The Hall–Kier alpha value is -0.570. The molecule has 2 unspecified atom stereocenters. The van der Waals surface area contributed by atoms with E-state index in [0.29, 0.717) is 12.0 Å². The van der Waals surface area contributed by atoms with Crippen LogP contribution in [0.1, 0.15) is 64.7 Å². The van der Waals surface area contributed by atoms with Crippen LogP contribution in [0, 0.1) is 17.8 Å². The van der Waals surface area contributed by atoms with E-state index in [0.717, 1.165) is 31.7 Å². The number of hydrogen-bond donors (Lipinski definition) is 2. The van der Waals surface area contributed by atoms with Crippen LogP contribution in [0.4, 0.5) is 0 Å². The van der Waals surface area contributed by atoms with Crippen LogP contribution in [0.3, 0.4) is 0 Å². The van der Waals surface area contributed by atoms with Gasteiger partial charge in [0.05, 0.1) is 5.92 Å². The predicted molar refractivity (Wildman–Crippen MR) is 77.1 cm³/mol. The van der Waals surface area contributed by atoms with Gasteiger partial charge >= 0.3 is 5.97 Å². The van der Waals surface area contributed by atoms with E-state index in [1.54, 1.807) is 0 Å². The molecule has 2 fully saturated rings. The first-order valence-corrected chi connectivity index (χ1v) is 8.17. The quantitative estimate of drug-likeness (QED) is 0.802. The first-order chi connectivity index (χ1) is 9.20. The molecule has 0 saturated heterocycles. The summed E-state index contributed by atoms with van der Waals surface area (Å²) < 4.78 is 0. The van der Waals surface area contributed by atoms with Crippen molar-refractivity contribution in [2.75, 3.05) is 6.54 Å². The first kappa shape index (κ1) is 14.8. The number of carbonyl (C=O) groups is 1. The van der Waals surface area contributed by atoms with E-state index in [9.17, 15) is 9.90 Å². The van der Waals surface area contributed by atoms with Crippen LogP contribution in [0.25, 0.3) is 0 Å². The van der Waals surface area contributed by atoms with Crippen molar-refractivity contribution >= 4 is 5.97 Å². The van der Waals surface area contributed by atoms with E-state index in [1.807, 2.05) is 0 Å². The van der Waals surface area contributed by atoms with Crippen LogP contribution < -0.4 is 5.32 Å². The van der Waals surface area contributed by atoms with Gasteiger partial charge in [0.1, 0.15) is 0 Å². The Kier molecular flexibility index (Phi) is 5.68. The maximum absolute atomic E-state index is 11.3. The third-order valence-electron chi connectivity index (χ3n) is 5.32. The summed E-state index contributed by atoms with van der Waals surface area (Å²) in [5.74, 6) is 0.601. The Bertz CT molecular complexity index is 284. The molecule has 3 heteroatoms. The fourth-order valence-electron chi connectivity index (χ4n) is 3.87. The van der Waals surface area contributed by atoms with Crippen LogP contribution >= 0.6 is 0 Å². The van der Waals surface area contributed by atoms with Crippen LogP contribution in [0.15, 0.2) is 0 Å². The maximum atomic E-state index is 11.3. The molecule has 2 atom stereocenters. The molecule has 0 spiro atoms. The molecule has 0 heterocycles. The molecular weight excluding hydrogens is 238 g/mol. The molecule has 2 aliphatic rings. The SMILES string of the molecule is CCC1CCC(NCC2CCCCC2C(=O)O)CC1. The van der Waals surface area contributed by atoms with Gasteiger partial charge < -0.3 is 10.4 Å². The number of carboxylic acid groups (broad SMARTS) is 1. The van der Waals surface area contributed by atoms with Gasteiger partial charge in [0, 0.05) is 6.04 Å². The number of hydrogen-bond acceptors (Lipinski definition) is 2. The smallest absolute Gasteiger partial charge is 0.306 e. The molecule has 0 amide bonds. The summed E-state index contributed by atoms with van der Waals surface area (Å²) in [6.07, 6.45) is 10.8. The van der Waals surface area contributed by atoms with E-state index < -0.39 is 5.97 Å². The van der Waals surface area contributed by atoms with Crippen LogP contribution in [-0.4, -0.2) is 23.7 Å². The highest BCUT2D eigenvalue weighted by molar-refractivity contribution is 5.70. The predicted octanol–water partition coefficient (Wildman–Crippen LogP) is 3.44. The third-order valence-corrected chi connectivity index (χ3v) is 5.32. The summed E-state index contributed by atoms with van der Waals surface area (Å²) in [4.78, 5) is 11.3. The van der Waals surface area contributed by atoms with Crippen molar-refractivity contribution in [1.29, 1.82) is 0 Å². The summed E-state index contributed by atoms with van der Waals surface area (Å²) in [6.45, 7) is 3.20. The second kappa shape index (κ2) is 7.28. The van der Waals surface area contributed by atoms with Gasteiger partial charge in [0.2, 0.25) is 0 Å². The number of aliphatic carboxylic acids is 1. The van der Waals surface area contributed by atoms with Crippen molar-refractivity contribution in [3.05, 3.63) is 0 Å². The van der Waals surface area contributed by atoms with Crippen molar-refractivity contribution in [3.8, 4) is 0 Å². The summed E-state index contributed by atoms with van der Waals surface area (Å²) >= 11 is 0. The number of rotatable bonds is 5. The fraction of sp³-hybridized carbons (Fsp3) is 0.938. The zero-order chi connectivity index (χ0) is 13.7. The molecule has 0 aliphatic heterocycles. The van der Waals surface area contributed by atoms with E-state index in [-0.39, 0.29) is 5.92 Å². The second-order valence-corrected chi connectivity index (χ2v) is 6.52. The average Bonchev–Trinajstić information content (AvgIpc) is 2.46. The van der Waals surface area contributed by atoms with Gasteiger partial charge in [0.15, 0.2) is 0 Å². The highest BCUT2D eigenvalue weighted by Crippen LogP contribution is 2.31. The minimum Gasteiger partial charge on any atom is -0.481 e. The van der Waals surface area contributed by atoms with Crippen molar-refractivity contribution in [2.24, 2.45) is 17.8 Å². The summed E-state index contributed by atoms with van der Waals surface area (Å²) in [5.41, 5.74) is 0.